The highest BCUT2D eigenvalue weighted by Gasteiger charge is 1.98. The van der Waals surface area contributed by atoms with Gasteiger partial charge >= 0.3 is 0 Å². The fraction of sp³-hybridized carbons (Fsp3) is 0.857. The van der Waals surface area contributed by atoms with Crippen molar-refractivity contribution in [2.24, 2.45) is 21.8 Å². The zero-order valence-electron chi connectivity index (χ0n) is 12.3. The van der Waals surface area contributed by atoms with Crippen molar-refractivity contribution in [1.29, 1.82) is 0 Å². The molecule has 0 saturated carbocycles. The van der Waals surface area contributed by atoms with Crippen molar-refractivity contribution in [3.63, 3.8) is 0 Å². The van der Waals surface area contributed by atoms with E-state index in [2.05, 4.69) is 56.8 Å². The lowest BCUT2D eigenvalue weighted by Gasteiger charge is -2.08. The molecule has 0 aliphatic rings. The van der Waals surface area contributed by atoms with E-state index < -0.39 is 0 Å². The second kappa shape index (κ2) is 9.34. The van der Waals surface area contributed by atoms with Crippen LogP contribution >= 0.6 is 0 Å². The molecule has 0 bridgehead atoms. The van der Waals surface area contributed by atoms with Crippen molar-refractivity contribution in [3.8, 4) is 0 Å². The van der Waals surface area contributed by atoms with E-state index in [1.165, 1.54) is 0 Å². The van der Waals surface area contributed by atoms with Gasteiger partial charge in [-0.25, -0.2) is 0 Å². The normalized spacial score (nSPS) is 15.2. The Bertz CT molecular complexity index is 242. The van der Waals surface area contributed by atoms with Crippen LogP contribution in [0.1, 0.15) is 41.5 Å². The summed E-state index contributed by atoms with van der Waals surface area (Å²) < 4.78 is 0. The van der Waals surface area contributed by atoms with Crippen LogP contribution in [0.25, 0.3) is 0 Å². The van der Waals surface area contributed by atoms with Gasteiger partial charge in [0.05, 0.1) is 6.04 Å². The molecule has 3 nitrogen and oxygen atoms in total. The molecule has 17 heavy (non-hydrogen) atoms. The van der Waals surface area contributed by atoms with Gasteiger partial charge in [-0.2, -0.15) is 0 Å². The SMILES string of the molecule is CC(CNCC(C)C)=NC(C)C=NCC(C)C. The summed E-state index contributed by atoms with van der Waals surface area (Å²) in [6.07, 6.45) is 1.95. The van der Waals surface area contributed by atoms with E-state index in [1.54, 1.807) is 0 Å². The number of hydrogen-bond donors (Lipinski definition) is 1. The number of aliphatic imine (C=N–C) groups is 2. The third kappa shape index (κ3) is 11.6. The van der Waals surface area contributed by atoms with Gasteiger partial charge in [0.1, 0.15) is 0 Å². The van der Waals surface area contributed by atoms with Crippen LogP contribution in [0.5, 0.6) is 0 Å². The van der Waals surface area contributed by atoms with E-state index in [0.717, 1.165) is 25.3 Å². The summed E-state index contributed by atoms with van der Waals surface area (Å²) in [6, 6.07) is 0.189. The molecule has 1 atom stereocenters. The molecule has 1 unspecified atom stereocenters. The Morgan fingerprint density at radius 1 is 1.12 bits per heavy atom. The van der Waals surface area contributed by atoms with Gasteiger partial charge in [-0.3, -0.25) is 9.98 Å². The van der Waals surface area contributed by atoms with Crippen LogP contribution in [-0.4, -0.2) is 37.6 Å². The molecule has 0 radical (unpaired) electrons. The summed E-state index contributed by atoms with van der Waals surface area (Å²) in [7, 11) is 0. The Labute approximate surface area is 107 Å². The monoisotopic (exact) mass is 239 g/mol. The van der Waals surface area contributed by atoms with Crippen molar-refractivity contribution < 1.29 is 0 Å². The summed E-state index contributed by atoms with van der Waals surface area (Å²) in [5.41, 5.74) is 1.15. The van der Waals surface area contributed by atoms with Crippen LogP contribution in [0.15, 0.2) is 9.98 Å². The number of nitrogens with one attached hydrogen (secondary N) is 1. The van der Waals surface area contributed by atoms with E-state index >= 15 is 0 Å². The standard InChI is InChI=1S/C14H29N3/c1-11(2)7-15-9-13(5)17-14(6)10-16-8-12(3)4/h9,11-13,16H,7-8,10H2,1-6H3. The van der Waals surface area contributed by atoms with Gasteiger partial charge in [-0.1, -0.05) is 27.7 Å². The predicted molar refractivity (Wildman–Crippen MR) is 78.5 cm³/mol. The van der Waals surface area contributed by atoms with Crippen molar-refractivity contribution in [3.05, 3.63) is 0 Å². The molecule has 0 aromatic rings. The molecular formula is C14H29N3. The second-order valence-electron chi connectivity index (χ2n) is 5.54. The van der Waals surface area contributed by atoms with E-state index in [0.29, 0.717) is 11.8 Å². The molecule has 0 aromatic heterocycles. The second-order valence-corrected chi connectivity index (χ2v) is 5.54. The zero-order valence-corrected chi connectivity index (χ0v) is 12.3. The van der Waals surface area contributed by atoms with Crippen LogP contribution in [0, 0.1) is 11.8 Å². The quantitative estimate of drug-likeness (QED) is 0.650. The summed E-state index contributed by atoms with van der Waals surface area (Å²) in [5.74, 6) is 1.31. The maximum absolute atomic E-state index is 4.58. The first-order valence-corrected chi connectivity index (χ1v) is 6.65. The van der Waals surface area contributed by atoms with E-state index in [9.17, 15) is 0 Å². The summed E-state index contributed by atoms with van der Waals surface area (Å²) in [4.78, 5) is 8.96. The zero-order chi connectivity index (χ0) is 13.3. The van der Waals surface area contributed by atoms with E-state index in [1.807, 2.05) is 6.21 Å². The molecule has 1 N–H and O–H groups in total. The van der Waals surface area contributed by atoms with Crippen molar-refractivity contribution >= 4 is 11.9 Å². The lowest BCUT2D eigenvalue weighted by atomic mass is 10.2. The number of rotatable bonds is 8. The first-order valence-electron chi connectivity index (χ1n) is 6.65. The third-order valence-corrected chi connectivity index (χ3v) is 2.15. The van der Waals surface area contributed by atoms with Crippen LogP contribution < -0.4 is 5.32 Å². The largest absolute Gasteiger partial charge is 0.311 e. The van der Waals surface area contributed by atoms with Gasteiger partial charge in [0.25, 0.3) is 0 Å². The predicted octanol–water partition coefficient (Wildman–Crippen LogP) is 2.81. The van der Waals surface area contributed by atoms with E-state index in [4.69, 9.17) is 0 Å². The third-order valence-electron chi connectivity index (χ3n) is 2.15. The molecular weight excluding hydrogens is 210 g/mol. The molecule has 0 aliphatic heterocycles. The Morgan fingerprint density at radius 3 is 2.29 bits per heavy atom. The first kappa shape index (κ1) is 16.3. The Morgan fingerprint density at radius 2 is 1.76 bits per heavy atom. The topological polar surface area (TPSA) is 36.8 Å². The summed E-state index contributed by atoms with van der Waals surface area (Å²) in [5, 5.41) is 3.39. The highest BCUT2D eigenvalue weighted by Crippen LogP contribution is 1.93. The highest BCUT2D eigenvalue weighted by molar-refractivity contribution is 5.85. The van der Waals surface area contributed by atoms with Gasteiger partial charge < -0.3 is 5.32 Å². The Balaban J connectivity index is 3.89. The van der Waals surface area contributed by atoms with Gasteiger partial charge in [0.15, 0.2) is 0 Å². The minimum atomic E-state index is 0.189. The van der Waals surface area contributed by atoms with Gasteiger partial charge in [-0.05, 0) is 32.2 Å². The summed E-state index contributed by atoms with van der Waals surface area (Å²) >= 11 is 0. The van der Waals surface area contributed by atoms with Gasteiger partial charge in [0.2, 0.25) is 0 Å². The molecule has 0 spiro atoms. The maximum Gasteiger partial charge on any atom is 0.0817 e. The number of nitrogens with zero attached hydrogens (tertiary/aromatic N) is 2. The molecule has 0 fully saturated rings. The van der Waals surface area contributed by atoms with Crippen LogP contribution in [0.3, 0.4) is 0 Å². The van der Waals surface area contributed by atoms with Crippen LogP contribution in [-0.2, 0) is 0 Å². The lowest BCUT2D eigenvalue weighted by molar-refractivity contribution is 0.581. The molecule has 0 amide bonds. The van der Waals surface area contributed by atoms with Gasteiger partial charge in [-0.15, -0.1) is 0 Å². The Hall–Kier alpha value is -0.700. The molecule has 0 rings (SSSR count). The van der Waals surface area contributed by atoms with Crippen molar-refractivity contribution in [1.82, 2.24) is 5.32 Å². The molecule has 0 heterocycles. The fourth-order valence-electron chi connectivity index (χ4n) is 1.39. The minimum absolute atomic E-state index is 0.189. The highest BCUT2D eigenvalue weighted by atomic mass is 14.9. The number of hydrogen-bond acceptors (Lipinski definition) is 3. The maximum atomic E-state index is 4.58. The molecule has 100 valence electrons. The average Bonchev–Trinajstić information content (AvgIpc) is 2.15. The molecule has 0 saturated heterocycles. The molecule has 0 aliphatic carbocycles. The molecule has 3 heteroatoms. The lowest BCUT2D eigenvalue weighted by Crippen LogP contribution is -2.26. The summed E-state index contributed by atoms with van der Waals surface area (Å²) in [6.45, 7) is 15.7. The van der Waals surface area contributed by atoms with Gasteiger partial charge in [0, 0.05) is 25.0 Å². The average molecular weight is 239 g/mol. The first-order chi connectivity index (χ1) is 7.91. The van der Waals surface area contributed by atoms with Crippen molar-refractivity contribution in [2.45, 2.75) is 47.6 Å². The fourth-order valence-corrected chi connectivity index (χ4v) is 1.39. The van der Waals surface area contributed by atoms with Crippen LogP contribution in [0.4, 0.5) is 0 Å². The van der Waals surface area contributed by atoms with Crippen molar-refractivity contribution in [2.75, 3.05) is 19.6 Å². The molecule has 0 aromatic carbocycles. The van der Waals surface area contributed by atoms with Crippen LogP contribution in [0.2, 0.25) is 0 Å². The van der Waals surface area contributed by atoms with E-state index in [-0.39, 0.29) is 6.04 Å². The minimum Gasteiger partial charge on any atom is -0.311 e. The Kier molecular flexibility index (Phi) is 8.96. The smallest absolute Gasteiger partial charge is 0.0817 e.